The lowest BCUT2D eigenvalue weighted by Crippen LogP contribution is -2.04. The van der Waals surface area contributed by atoms with E-state index in [0.29, 0.717) is 5.56 Å². The normalized spacial score (nSPS) is 10.9. The summed E-state index contributed by atoms with van der Waals surface area (Å²) in [6.45, 7) is 1.64. The predicted molar refractivity (Wildman–Crippen MR) is 64.1 cm³/mol. The van der Waals surface area contributed by atoms with E-state index in [1.54, 1.807) is 13.0 Å². The van der Waals surface area contributed by atoms with Crippen LogP contribution >= 0.6 is 15.9 Å². The van der Waals surface area contributed by atoms with Crippen molar-refractivity contribution in [1.82, 2.24) is 0 Å². The summed E-state index contributed by atoms with van der Waals surface area (Å²) in [6.07, 6.45) is 0. The molecular formula is C13H6BrF5. The number of benzene rings is 2. The molecule has 0 aliphatic heterocycles. The minimum absolute atomic E-state index is 0.0900. The highest BCUT2D eigenvalue weighted by molar-refractivity contribution is 9.10. The Balaban J connectivity index is 2.87. The maximum Gasteiger partial charge on any atom is 0.200 e. The van der Waals surface area contributed by atoms with Gasteiger partial charge in [0.2, 0.25) is 5.82 Å². The van der Waals surface area contributed by atoms with Gasteiger partial charge >= 0.3 is 0 Å². The van der Waals surface area contributed by atoms with Gasteiger partial charge in [-0.05, 0) is 28.4 Å². The van der Waals surface area contributed by atoms with E-state index in [2.05, 4.69) is 15.9 Å². The van der Waals surface area contributed by atoms with Crippen LogP contribution in [-0.4, -0.2) is 0 Å². The number of halogens is 6. The Morgan fingerprint density at radius 1 is 0.789 bits per heavy atom. The molecule has 2 aromatic carbocycles. The van der Waals surface area contributed by atoms with Crippen LogP contribution in [0.25, 0.3) is 11.1 Å². The average Bonchev–Trinajstić information content (AvgIpc) is 2.39. The zero-order valence-corrected chi connectivity index (χ0v) is 11.1. The first-order valence-corrected chi connectivity index (χ1v) is 5.92. The highest BCUT2D eigenvalue weighted by atomic mass is 79.9. The Morgan fingerprint density at radius 2 is 1.26 bits per heavy atom. The summed E-state index contributed by atoms with van der Waals surface area (Å²) in [5.41, 5.74) is -0.416. The molecule has 0 atom stereocenters. The SMILES string of the molecule is Cc1cccc(-c2c(F)c(F)c(F)c(F)c2F)c1Br. The van der Waals surface area contributed by atoms with E-state index in [0.717, 1.165) is 0 Å². The second-order valence-corrected chi connectivity index (χ2v) is 4.67. The summed E-state index contributed by atoms with van der Waals surface area (Å²) in [4.78, 5) is 0. The molecule has 0 heterocycles. The van der Waals surface area contributed by atoms with Crippen molar-refractivity contribution in [3.8, 4) is 11.1 Å². The molecule has 0 fully saturated rings. The van der Waals surface area contributed by atoms with Crippen LogP contribution in [0.4, 0.5) is 22.0 Å². The van der Waals surface area contributed by atoms with Crippen molar-refractivity contribution in [2.24, 2.45) is 0 Å². The fraction of sp³-hybridized carbons (Fsp3) is 0.0769. The van der Waals surface area contributed by atoms with Gasteiger partial charge in [0.25, 0.3) is 0 Å². The molecule has 0 bridgehead atoms. The highest BCUT2D eigenvalue weighted by Crippen LogP contribution is 2.36. The van der Waals surface area contributed by atoms with Crippen LogP contribution in [0.5, 0.6) is 0 Å². The van der Waals surface area contributed by atoms with Crippen LogP contribution in [-0.2, 0) is 0 Å². The molecule has 0 aliphatic rings. The van der Waals surface area contributed by atoms with Crippen molar-refractivity contribution in [2.75, 3.05) is 0 Å². The lowest BCUT2D eigenvalue weighted by molar-refractivity contribution is 0.381. The van der Waals surface area contributed by atoms with Crippen LogP contribution in [0.1, 0.15) is 5.56 Å². The fourth-order valence-corrected chi connectivity index (χ4v) is 2.14. The molecule has 2 rings (SSSR count). The zero-order valence-electron chi connectivity index (χ0n) is 9.50. The molecule has 6 heteroatoms. The van der Waals surface area contributed by atoms with Gasteiger partial charge in [0.05, 0.1) is 5.56 Å². The Morgan fingerprint density at radius 3 is 1.79 bits per heavy atom. The van der Waals surface area contributed by atoms with E-state index < -0.39 is 34.6 Å². The minimum Gasteiger partial charge on any atom is -0.203 e. The molecule has 19 heavy (non-hydrogen) atoms. The summed E-state index contributed by atoms with van der Waals surface area (Å²) in [5.74, 6) is -9.77. The van der Waals surface area contributed by atoms with Gasteiger partial charge < -0.3 is 0 Å². The van der Waals surface area contributed by atoms with Gasteiger partial charge in [0, 0.05) is 10.0 Å². The van der Waals surface area contributed by atoms with E-state index in [4.69, 9.17) is 0 Å². The molecule has 0 N–H and O–H groups in total. The topological polar surface area (TPSA) is 0 Å². The van der Waals surface area contributed by atoms with Crippen LogP contribution < -0.4 is 0 Å². The van der Waals surface area contributed by atoms with Crippen molar-refractivity contribution < 1.29 is 22.0 Å². The standard InChI is InChI=1S/C13H6BrF5/c1-5-3-2-4-6(8(5)14)7-9(15)11(17)13(19)12(18)10(7)16/h2-4H,1H3. The van der Waals surface area contributed by atoms with Crippen LogP contribution in [0.2, 0.25) is 0 Å². The lowest BCUT2D eigenvalue weighted by atomic mass is 10.0. The maximum atomic E-state index is 13.7. The van der Waals surface area contributed by atoms with Crippen LogP contribution in [0.15, 0.2) is 22.7 Å². The van der Waals surface area contributed by atoms with Gasteiger partial charge in [-0.3, -0.25) is 0 Å². The third kappa shape index (κ3) is 2.14. The molecule has 0 unspecified atom stereocenters. The second kappa shape index (κ2) is 4.92. The van der Waals surface area contributed by atoms with Crippen LogP contribution in [0, 0.1) is 36.0 Å². The number of aryl methyl sites for hydroxylation is 1. The Kier molecular flexibility index (Phi) is 3.62. The first-order valence-electron chi connectivity index (χ1n) is 5.13. The van der Waals surface area contributed by atoms with Crippen molar-refractivity contribution in [3.05, 3.63) is 57.3 Å². The third-order valence-electron chi connectivity index (χ3n) is 2.67. The van der Waals surface area contributed by atoms with Gasteiger partial charge in [0.15, 0.2) is 23.3 Å². The van der Waals surface area contributed by atoms with Gasteiger partial charge in [-0.25, -0.2) is 22.0 Å². The van der Waals surface area contributed by atoms with Gasteiger partial charge in [-0.1, -0.05) is 18.2 Å². The number of rotatable bonds is 1. The van der Waals surface area contributed by atoms with Crippen molar-refractivity contribution in [2.45, 2.75) is 6.92 Å². The Bertz CT molecular complexity index is 638. The number of hydrogen-bond donors (Lipinski definition) is 0. The molecule has 0 nitrogen and oxygen atoms in total. The van der Waals surface area contributed by atoms with E-state index in [-0.39, 0.29) is 10.0 Å². The molecule has 100 valence electrons. The summed E-state index contributed by atoms with van der Waals surface area (Å²) in [7, 11) is 0. The molecule has 0 saturated heterocycles. The summed E-state index contributed by atoms with van der Waals surface area (Å²) >= 11 is 3.08. The molecule has 0 aromatic heterocycles. The van der Waals surface area contributed by atoms with Gasteiger partial charge in [0.1, 0.15) is 0 Å². The largest absolute Gasteiger partial charge is 0.203 e. The van der Waals surface area contributed by atoms with Crippen molar-refractivity contribution in [1.29, 1.82) is 0 Å². The lowest BCUT2D eigenvalue weighted by Gasteiger charge is -2.11. The minimum atomic E-state index is -2.16. The first-order chi connectivity index (χ1) is 8.86. The molecule has 0 radical (unpaired) electrons. The second-order valence-electron chi connectivity index (χ2n) is 3.88. The fourth-order valence-electron chi connectivity index (χ4n) is 1.68. The monoisotopic (exact) mass is 336 g/mol. The van der Waals surface area contributed by atoms with E-state index in [9.17, 15) is 22.0 Å². The Labute approximate surface area is 114 Å². The van der Waals surface area contributed by atoms with Gasteiger partial charge in [-0.2, -0.15) is 0 Å². The molecule has 0 amide bonds. The van der Waals surface area contributed by atoms with Crippen molar-refractivity contribution in [3.63, 3.8) is 0 Å². The van der Waals surface area contributed by atoms with Crippen LogP contribution in [0.3, 0.4) is 0 Å². The molecule has 2 aromatic rings. The van der Waals surface area contributed by atoms with E-state index >= 15 is 0 Å². The quantitative estimate of drug-likeness (QED) is 0.385. The predicted octanol–water partition coefficient (Wildman–Crippen LogP) is 5.12. The summed E-state index contributed by atoms with van der Waals surface area (Å²) in [6, 6.07) is 4.38. The van der Waals surface area contributed by atoms with E-state index in [1.807, 2.05) is 0 Å². The molecule has 0 aliphatic carbocycles. The molecule has 0 spiro atoms. The third-order valence-corrected chi connectivity index (χ3v) is 3.72. The molecular weight excluding hydrogens is 331 g/mol. The maximum absolute atomic E-state index is 13.7. The number of hydrogen-bond acceptors (Lipinski definition) is 0. The Hall–Kier alpha value is -1.43. The van der Waals surface area contributed by atoms with Gasteiger partial charge in [-0.15, -0.1) is 0 Å². The smallest absolute Gasteiger partial charge is 0.200 e. The average molecular weight is 337 g/mol. The highest BCUT2D eigenvalue weighted by Gasteiger charge is 2.27. The van der Waals surface area contributed by atoms with Crippen molar-refractivity contribution >= 4 is 15.9 Å². The summed E-state index contributed by atoms with van der Waals surface area (Å²) in [5, 5.41) is 0. The molecule has 0 saturated carbocycles. The first kappa shape index (κ1) is 14.0. The van der Waals surface area contributed by atoms with E-state index in [1.165, 1.54) is 12.1 Å². The summed E-state index contributed by atoms with van der Waals surface area (Å²) < 4.78 is 66.8. The zero-order chi connectivity index (χ0) is 14.3.